The number of rotatable bonds is 2. The highest BCUT2D eigenvalue weighted by Gasteiger charge is 2.13. The summed E-state index contributed by atoms with van der Waals surface area (Å²) in [5, 5.41) is 2.40. The zero-order chi connectivity index (χ0) is 12.4. The quantitative estimate of drug-likeness (QED) is 0.790. The predicted molar refractivity (Wildman–Crippen MR) is 56.0 cm³/mol. The van der Waals surface area contributed by atoms with Crippen LogP contribution in [0.3, 0.4) is 0 Å². The molecule has 2 rings (SSSR count). The van der Waals surface area contributed by atoms with Crippen LogP contribution in [-0.2, 0) is 0 Å². The number of nitrogen functional groups attached to an aromatic ring is 1. The number of benzene rings is 1. The van der Waals surface area contributed by atoms with Gasteiger partial charge >= 0.3 is 0 Å². The number of hydrogen-bond donors (Lipinski definition) is 2. The van der Waals surface area contributed by atoms with Gasteiger partial charge in [0.15, 0.2) is 17.5 Å². The average Bonchev–Trinajstić information content (AvgIpc) is 2.30. The first-order valence-corrected chi connectivity index (χ1v) is 4.57. The highest BCUT2D eigenvalue weighted by molar-refractivity contribution is 5.55. The molecule has 0 bridgehead atoms. The van der Waals surface area contributed by atoms with Gasteiger partial charge in [0, 0.05) is 6.20 Å². The van der Waals surface area contributed by atoms with E-state index in [1.807, 2.05) is 0 Å². The number of nitrogens with one attached hydrogen (secondary N) is 1. The standard InChI is InChI=1S/C10H7F3N4/c11-5-1-2-6(9(13)8(5)12)16-10-15-4-3-7(14)17-10/h1-4H,(H3,14,15,16,17). The highest BCUT2D eigenvalue weighted by Crippen LogP contribution is 2.21. The van der Waals surface area contributed by atoms with E-state index in [0.29, 0.717) is 0 Å². The van der Waals surface area contributed by atoms with E-state index in [4.69, 9.17) is 5.73 Å². The van der Waals surface area contributed by atoms with E-state index >= 15 is 0 Å². The molecule has 17 heavy (non-hydrogen) atoms. The monoisotopic (exact) mass is 240 g/mol. The van der Waals surface area contributed by atoms with E-state index in [9.17, 15) is 13.2 Å². The molecule has 0 saturated carbocycles. The number of hydrogen-bond acceptors (Lipinski definition) is 4. The van der Waals surface area contributed by atoms with E-state index in [2.05, 4.69) is 15.3 Å². The van der Waals surface area contributed by atoms with Crippen molar-refractivity contribution in [3.05, 3.63) is 41.8 Å². The van der Waals surface area contributed by atoms with Crippen molar-refractivity contribution >= 4 is 17.5 Å². The molecule has 0 aliphatic carbocycles. The molecule has 1 aromatic heterocycles. The van der Waals surface area contributed by atoms with Gasteiger partial charge in [0.05, 0.1) is 5.69 Å². The second-order valence-corrected chi connectivity index (χ2v) is 3.15. The third-order valence-electron chi connectivity index (χ3n) is 1.96. The SMILES string of the molecule is Nc1ccnc(Nc2ccc(F)c(F)c2F)n1. The van der Waals surface area contributed by atoms with Crippen LogP contribution in [0.1, 0.15) is 0 Å². The summed E-state index contributed by atoms with van der Waals surface area (Å²) in [5.41, 5.74) is 5.12. The van der Waals surface area contributed by atoms with E-state index in [0.717, 1.165) is 12.1 Å². The third kappa shape index (κ3) is 2.27. The molecule has 0 saturated heterocycles. The molecule has 1 aromatic carbocycles. The summed E-state index contributed by atoms with van der Waals surface area (Å²) in [7, 11) is 0. The molecule has 0 spiro atoms. The second-order valence-electron chi connectivity index (χ2n) is 3.15. The topological polar surface area (TPSA) is 63.8 Å². The number of nitrogens with zero attached hydrogens (tertiary/aromatic N) is 2. The molecule has 88 valence electrons. The van der Waals surface area contributed by atoms with Crippen molar-refractivity contribution in [3.63, 3.8) is 0 Å². The van der Waals surface area contributed by atoms with Crippen LogP contribution in [0.5, 0.6) is 0 Å². The van der Waals surface area contributed by atoms with Gasteiger partial charge in [0.2, 0.25) is 5.95 Å². The van der Waals surface area contributed by atoms with Crippen molar-refractivity contribution in [2.75, 3.05) is 11.1 Å². The minimum Gasteiger partial charge on any atom is -0.384 e. The first-order chi connectivity index (χ1) is 8.08. The van der Waals surface area contributed by atoms with Crippen molar-refractivity contribution in [2.24, 2.45) is 0 Å². The van der Waals surface area contributed by atoms with Gasteiger partial charge in [0.1, 0.15) is 5.82 Å². The summed E-state index contributed by atoms with van der Waals surface area (Å²) in [5.74, 6) is -3.99. The summed E-state index contributed by atoms with van der Waals surface area (Å²) >= 11 is 0. The Morgan fingerprint density at radius 2 is 1.82 bits per heavy atom. The number of aromatic nitrogens is 2. The van der Waals surface area contributed by atoms with Crippen molar-refractivity contribution in [1.82, 2.24) is 9.97 Å². The molecule has 4 nitrogen and oxygen atoms in total. The predicted octanol–water partition coefficient (Wildman–Crippen LogP) is 2.22. The van der Waals surface area contributed by atoms with Gasteiger partial charge in [-0.3, -0.25) is 0 Å². The number of anilines is 3. The molecular formula is C10H7F3N4. The van der Waals surface area contributed by atoms with Crippen LogP contribution in [0.15, 0.2) is 24.4 Å². The van der Waals surface area contributed by atoms with Crippen LogP contribution >= 0.6 is 0 Å². The lowest BCUT2D eigenvalue weighted by Gasteiger charge is -2.06. The zero-order valence-corrected chi connectivity index (χ0v) is 8.42. The average molecular weight is 240 g/mol. The first-order valence-electron chi connectivity index (χ1n) is 4.57. The Morgan fingerprint density at radius 3 is 2.53 bits per heavy atom. The highest BCUT2D eigenvalue weighted by atomic mass is 19.2. The van der Waals surface area contributed by atoms with E-state index in [-0.39, 0.29) is 17.5 Å². The molecule has 0 amide bonds. The van der Waals surface area contributed by atoms with Gasteiger partial charge < -0.3 is 11.1 Å². The Morgan fingerprint density at radius 1 is 1.06 bits per heavy atom. The lowest BCUT2D eigenvalue weighted by atomic mass is 10.3. The first kappa shape index (κ1) is 11.2. The maximum Gasteiger partial charge on any atom is 0.229 e. The fourth-order valence-corrected chi connectivity index (χ4v) is 1.18. The number of nitrogens with two attached hydrogens (primary N) is 1. The third-order valence-corrected chi connectivity index (χ3v) is 1.96. The molecule has 0 radical (unpaired) electrons. The van der Waals surface area contributed by atoms with Crippen LogP contribution in [0, 0.1) is 17.5 Å². The van der Waals surface area contributed by atoms with Crippen molar-refractivity contribution in [1.29, 1.82) is 0 Å². The lowest BCUT2D eigenvalue weighted by molar-refractivity contribution is 0.449. The van der Waals surface area contributed by atoms with Crippen LogP contribution in [0.2, 0.25) is 0 Å². The Bertz CT molecular complexity index is 559. The Labute approximate surface area is 94.3 Å². The van der Waals surface area contributed by atoms with E-state index in [1.54, 1.807) is 0 Å². The van der Waals surface area contributed by atoms with E-state index in [1.165, 1.54) is 12.3 Å². The summed E-state index contributed by atoms with van der Waals surface area (Å²) in [6, 6.07) is 3.28. The smallest absolute Gasteiger partial charge is 0.229 e. The van der Waals surface area contributed by atoms with Gasteiger partial charge in [0.25, 0.3) is 0 Å². The summed E-state index contributed by atoms with van der Waals surface area (Å²) in [6.45, 7) is 0. The molecule has 0 aliphatic heterocycles. The molecule has 0 atom stereocenters. The molecule has 2 aromatic rings. The molecule has 1 heterocycles. The van der Waals surface area contributed by atoms with Gasteiger partial charge in [-0.1, -0.05) is 0 Å². The molecule has 7 heteroatoms. The van der Waals surface area contributed by atoms with Crippen molar-refractivity contribution < 1.29 is 13.2 Å². The van der Waals surface area contributed by atoms with Gasteiger partial charge in [-0.2, -0.15) is 4.98 Å². The summed E-state index contributed by atoms with van der Waals surface area (Å²) < 4.78 is 38.9. The minimum absolute atomic E-state index is 0.00471. The molecular weight excluding hydrogens is 233 g/mol. The van der Waals surface area contributed by atoms with Crippen LogP contribution in [0.4, 0.5) is 30.6 Å². The Hall–Kier alpha value is -2.31. The largest absolute Gasteiger partial charge is 0.384 e. The Balaban J connectivity index is 2.34. The fourth-order valence-electron chi connectivity index (χ4n) is 1.18. The zero-order valence-electron chi connectivity index (χ0n) is 8.42. The van der Waals surface area contributed by atoms with Gasteiger partial charge in [-0.05, 0) is 18.2 Å². The van der Waals surface area contributed by atoms with Gasteiger partial charge in [-0.25, -0.2) is 18.2 Å². The molecule has 0 aliphatic rings. The maximum absolute atomic E-state index is 13.3. The summed E-state index contributed by atoms with van der Waals surface area (Å²) in [6.07, 6.45) is 1.35. The van der Waals surface area contributed by atoms with Crippen LogP contribution < -0.4 is 11.1 Å². The molecule has 0 fully saturated rings. The van der Waals surface area contributed by atoms with Crippen LogP contribution in [-0.4, -0.2) is 9.97 Å². The minimum atomic E-state index is -1.56. The molecule has 3 N–H and O–H groups in total. The summed E-state index contributed by atoms with van der Waals surface area (Å²) in [4.78, 5) is 7.48. The second kappa shape index (κ2) is 4.28. The van der Waals surface area contributed by atoms with Gasteiger partial charge in [-0.15, -0.1) is 0 Å². The molecule has 0 unspecified atom stereocenters. The lowest BCUT2D eigenvalue weighted by Crippen LogP contribution is -2.03. The Kier molecular flexibility index (Phi) is 2.82. The normalized spacial score (nSPS) is 10.3. The number of halogens is 3. The van der Waals surface area contributed by atoms with E-state index < -0.39 is 17.5 Å². The van der Waals surface area contributed by atoms with Crippen LogP contribution in [0.25, 0.3) is 0 Å². The maximum atomic E-state index is 13.3. The van der Waals surface area contributed by atoms with Crippen molar-refractivity contribution in [2.45, 2.75) is 0 Å². The van der Waals surface area contributed by atoms with Crippen molar-refractivity contribution in [3.8, 4) is 0 Å². The fraction of sp³-hybridized carbons (Fsp3) is 0.